The molecule has 2 unspecified atom stereocenters. The van der Waals surface area contributed by atoms with Crippen LogP contribution in [0.1, 0.15) is 57.2 Å². The molecule has 174 valence electrons. The van der Waals surface area contributed by atoms with Crippen LogP contribution in [0.2, 0.25) is 0 Å². The number of aromatic nitrogens is 2. The molecular formula is C27H22N4O4. The number of nitrogens with zero attached hydrogens (tertiary/aromatic N) is 2. The fraction of sp³-hybridized carbons (Fsp3) is 0.185. The molecule has 0 fully saturated rings. The highest BCUT2D eigenvalue weighted by atomic mass is 16.6. The molecule has 3 aromatic carbocycles. The molecular weight excluding hydrogens is 444 g/mol. The van der Waals surface area contributed by atoms with Crippen LogP contribution in [0.3, 0.4) is 0 Å². The van der Waals surface area contributed by atoms with E-state index < -0.39 is 23.0 Å². The first-order valence-corrected chi connectivity index (χ1v) is 11.3. The van der Waals surface area contributed by atoms with Gasteiger partial charge in [0.05, 0.1) is 22.8 Å². The van der Waals surface area contributed by atoms with Crippen molar-refractivity contribution in [1.29, 1.82) is 0 Å². The number of ketones is 1. The predicted molar refractivity (Wildman–Crippen MR) is 129 cm³/mol. The van der Waals surface area contributed by atoms with Gasteiger partial charge < -0.3 is 20.9 Å². The smallest absolute Gasteiger partial charge is 0.271 e. The summed E-state index contributed by atoms with van der Waals surface area (Å²) in [5, 5.41) is 23.5. The van der Waals surface area contributed by atoms with Crippen molar-refractivity contribution in [1.82, 2.24) is 15.5 Å². The average Bonchev–Trinajstić information content (AvgIpc) is 3.21. The van der Waals surface area contributed by atoms with E-state index in [0.29, 0.717) is 22.2 Å². The minimum Gasteiger partial charge on any atom is -0.454 e. The van der Waals surface area contributed by atoms with Crippen molar-refractivity contribution in [2.24, 2.45) is 0 Å². The molecule has 8 nitrogen and oxygen atoms in total. The molecule has 8 heteroatoms. The molecule has 2 aliphatic rings. The van der Waals surface area contributed by atoms with Crippen LogP contribution >= 0.6 is 0 Å². The van der Waals surface area contributed by atoms with E-state index >= 15 is 0 Å². The zero-order valence-corrected chi connectivity index (χ0v) is 19.1. The highest BCUT2D eigenvalue weighted by Crippen LogP contribution is 2.59. The van der Waals surface area contributed by atoms with E-state index in [0.717, 1.165) is 5.56 Å². The van der Waals surface area contributed by atoms with Crippen molar-refractivity contribution >= 4 is 28.3 Å². The summed E-state index contributed by atoms with van der Waals surface area (Å²) in [6.45, 7) is 4.07. The molecule has 0 radical (unpaired) electrons. The average molecular weight is 466 g/mol. The van der Waals surface area contributed by atoms with E-state index in [1.165, 1.54) is 6.20 Å². The highest BCUT2D eigenvalue weighted by Gasteiger charge is 2.72. The van der Waals surface area contributed by atoms with Crippen LogP contribution in [0, 0.1) is 0 Å². The molecule has 0 saturated heterocycles. The minimum absolute atomic E-state index is 0.131. The molecule has 0 bridgehead atoms. The molecule has 1 amide bonds. The number of nitrogen functional groups attached to an aromatic ring is 1. The summed E-state index contributed by atoms with van der Waals surface area (Å²) in [5.41, 5.74) is 6.86. The van der Waals surface area contributed by atoms with Crippen LogP contribution in [-0.2, 0) is 11.3 Å². The number of fused-ring (bicyclic) bond motifs is 6. The first-order chi connectivity index (χ1) is 16.8. The minimum atomic E-state index is -2.18. The van der Waals surface area contributed by atoms with Gasteiger partial charge in [-0.15, -0.1) is 0 Å². The summed E-state index contributed by atoms with van der Waals surface area (Å²) in [6, 6.07) is 17.3. The van der Waals surface area contributed by atoms with Crippen molar-refractivity contribution in [2.45, 2.75) is 31.1 Å². The second-order valence-corrected chi connectivity index (χ2v) is 9.23. The lowest BCUT2D eigenvalue weighted by molar-refractivity contribution is -0.169. The number of Topliss-reactive ketones (excluding diaryl/α,β-unsaturated/α-hetero) is 1. The van der Waals surface area contributed by atoms with E-state index in [4.69, 9.17) is 10.5 Å². The van der Waals surface area contributed by atoms with Gasteiger partial charge >= 0.3 is 0 Å². The Hall–Kier alpha value is -4.30. The fourth-order valence-electron chi connectivity index (χ4n) is 5.17. The maximum absolute atomic E-state index is 14.1. The van der Waals surface area contributed by atoms with E-state index in [1.54, 1.807) is 54.6 Å². The Bertz CT molecular complexity index is 1560. The van der Waals surface area contributed by atoms with Gasteiger partial charge in [0.15, 0.2) is 0 Å². The number of nitrogens with two attached hydrogens (primary N) is 1. The molecule has 0 spiro atoms. The summed E-state index contributed by atoms with van der Waals surface area (Å²) < 4.78 is 6.13. The Morgan fingerprint density at radius 2 is 1.89 bits per heavy atom. The fourth-order valence-corrected chi connectivity index (χ4v) is 5.17. The number of hydrogen-bond donors (Lipinski definition) is 3. The first kappa shape index (κ1) is 21.2. The van der Waals surface area contributed by atoms with Gasteiger partial charge in [-0.2, -0.15) is 10.2 Å². The first-order valence-electron chi connectivity index (χ1n) is 11.3. The normalized spacial score (nSPS) is 22.0. The lowest BCUT2D eigenvalue weighted by atomic mass is 9.82. The summed E-state index contributed by atoms with van der Waals surface area (Å²) in [6.07, 6.45) is 1.34. The number of aliphatic hydroxyl groups is 1. The molecule has 4 aromatic rings. The number of rotatable bonds is 3. The monoisotopic (exact) mass is 466 g/mol. The molecule has 1 aliphatic carbocycles. The van der Waals surface area contributed by atoms with Gasteiger partial charge in [0.1, 0.15) is 5.75 Å². The van der Waals surface area contributed by atoms with Crippen molar-refractivity contribution in [3.05, 3.63) is 94.7 Å². The van der Waals surface area contributed by atoms with E-state index in [1.807, 2.05) is 19.9 Å². The quantitative estimate of drug-likeness (QED) is 0.395. The summed E-state index contributed by atoms with van der Waals surface area (Å²) >= 11 is 0. The van der Waals surface area contributed by atoms with Gasteiger partial charge in [0.2, 0.25) is 11.3 Å². The van der Waals surface area contributed by atoms with Crippen LogP contribution in [0.25, 0.3) is 10.9 Å². The van der Waals surface area contributed by atoms with Crippen LogP contribution < -0.4 is 15.8 Å². The SMILES string of the molecule is CC(C)c1ccc2c(c1)OC1(O)c3cccc(N)c3C(=O)C21NC(=O)c1cnnc2ccccc12. The zero-order chi connectivity index (χ0) is 24.5. The number of hydrogen-bond acceptors (Lipinski definition) is 7. The molecule has 4 N–H and O–H groups in total. The number of carbonyl (C=O) groups excluding carboxylic acids is 2. The van der Waals surface area contributed by atoms with Crippen molar-refractivity contribution in [3.63, 3.8) is 0 Å². The van der Waals surface area contributed by atoms with Crippen molar-refractivity contribution in [3.8, 4) is 5.75 Å². The van der Waals surface area contributed by atoms with Gasteiger partial charge in [-0.25, -0.2) is 0 Å². The second kappa shape index (κ2) is 7.10. The van der Waals surface area contributed by atoms with Gasteiger partial charge in [0.25, 0.3) is 11.7 Å². The third-order valence-corrected chi connectivity index (χ3v) is 6.96. The number of ether oxygens (including phenoxy) is 1. The molecule has 0 saturated carbocycles. The third-order valence-electron chi connectivity index (χ3n) is 6.96. The molecule has 6 rings (SSSR count). The lowest BCUT2D eigenvalue weighted by Crippen LogP contribution is -2.60. The highest BCUT2D eigenvalue weighted by molar-refractivity contribution is 6.17. The second-order valence-electron chi connectivity index (χ2n) is 9.23. The number of nitrogens with one attached hydrogen (secondary N) is 1. The molecule has 2 atom stereocenters. The van der Waals surface area contributed by atoms with Crippen LogP contribution in [0.15, 0.2) is 66.9 Å². The topological polar surface area (TPSA) is 127 Å². The Morgan fingerprint density at radius 3 is 2.69 bits per heavy atom. The number of anilines is 1. The van der Waals surface area contributed by atoms with Crippen molar-refractivity contribution < 1.29 is 19.4 Å². The third kappa shape index (κ3) is 2.65. The van der Waals surface area contributed by atoms with Gasteiger partial charge in [-0.05, 0) is 29.7 Å². The largest absolute Gasteiger partial charge is 0.454 e. The molecule has 1 aromatic heterocycles. The van der Waals surface area contributed by atoms with Gasteiger partial charge in [0, 0.05) is 22.2 Å². The maximum atomic E-state index is 14.1. The lowest BCUT2D eigenvalue weighted by Gasteiger charge is -2.34. The van der Waals surface area contributed by atoms with Gasteiger partial charge in [-0.3, -0.25) is 9.59 Å². The van der Waals surface area contributed by atoms with Gasteiger partial charge in [-0.1, -0.05) is 56.3 Å². The van der Waals surface area contributed by atoms with Crippen LogP contribution in [-0.4, -0.2) is 27.0 Å². The summed E-state index contributed by atoms with van der Waals surface area (Å²) in [4.78, 5) is 27.8. The summed E-state index contributed by atoms with van der Waals surface area (Å²) in [7, 11) is 0. The van der Waals surface area contributed by atoms with E-state index in [-0.39, 0.29) is 28.3 Å². The summed E-state index contributed by atoms with van der Waals surface area (Å²) in [5.74, 6) is -2.79. The molecule has 2 heterocycles. The Morgan fingerprint density at radius 1 is 1.09 bits per heavy atom. The molecule has 35 heavy (non-hydrogen) atoms. The number of carbonyl (C=O) groups is 2. The predicted octanol–water partition coefficient (Wildman–Crippen LogP) is 3.39. The van der Waals surface area contributed by atoms with Crippen LogP contribution in [0.5, 0.6) is 5.75 Å². The Labute approximate surface area is 200 Å². The van der Waals surface area contributed by atoms with Crippen molar-refractivity contribution in [2.75, 3.05) is 5.73 Å². The standard InChI is InChI=1S/C27H22N4O4/c1-14(2)15-10-11-18-22(12-15)35-27(34)19-7-5-8-20(28)23(19)24(32)26(18,27)30-25(33)17-13-29-31-21-9-4-3-6-16(17)21/h3-14,34H,28H2,1-2H3,(H,30,33). The van der Waals surface area contributed by atoms with E-state index in [2.05, 4.69) is 15.5 Å². The maximum Gasteiger partial charge on any atom is 0.271 e. The number of benzene rings is 3. The number of amides is 1. The van der Waals surface area contributed by atoms with Crippen LogP contribution in [0.4, 0.5) is 5.69 Å². The van der Waals surface area contributed by atoms with E-state index in [9.17, 15) is 14.7 Å². The Kier molecular flexibility index (Phi) is 4.31. The Balaban J connectivity index is 1.57. The molecule has 1 aliphatic heterocycles. The zero-order valence-electron chi connectivity index (χ0n) is 19.1.